The van der Waals surface area contributed by atoms with Gasteiger partial charge >= 0.3 is 0 Å². The molecule has 1 aliphatic carbocycles. The average Bonchev–Trinajstić information content (AvgIpc) is 3.25. The SMILES string of the molecule is C[C@H]1C[C@@H](Nc2ncnc3nc(-c4cccc5cccnc45)[nH]c23)C[C@H]1O. The summed E-state index contributed by atoms with van der Waals surface area (Å²) in [5, 5.41) is 14.5. The molecule has 0 saturated heterocycles. The van der Waals surface area contributed by atoms with Gasteiger partial charge in [-0.3, -0.25) is 4.98 Å². The molecule has 0 unspecified atom stereocenters. The van der Waals surface area contributed by atoms with Crippen LogP contribution in [0.2, 0.25) is 0 Å². The molecule has 3 N–H and O–H groups in total. The molecule has 0 bridgehead atoms. The Morgan fingerprint density at radius 3 is 2.85 bits per heavy atom. The molecule has 136 valence electrons. The molecule has 27 heavy (non-hydrogen) atoms. The molecule has 1 aromatic carbocycles. The summed E-state index contributed by atoms with van der Waals surface area (Å²) < 4.78 is 0. The quantitative estimate of drug-likeness (QED) is 0.519. The van der Waals surface area contributed by atoms with Gasteiger partial charge in [0, 0.05) is 23.2 Å². The van der Waals surface area contributed by atoms with Crippen LogP contribution in [0.25, 0.3) is 33.5 Å². The maximum Gasteiger partial charge on any atom is 0.183 e. The van der Waals surface area contributed by atoms with E-state index in [-0.39, 0.29) is 12.1 Å². The molecule has 5 rings (SSSR count). The van der Waals surface area contributed by atoms with E-state index in [0.717, 1.165) is 46.5 Å². The predicted molar refractivity (Wildman–Crippen MR) is 104 cm³/mol. The van der Waals surface area contributed by atoms with Crippen LogP contribution < -0.4 is 5.32 Å². The fourth-order valence-electron chi connectivity index (χ4n) is 3.90. The highest BCUT2D eigenvalue weighted by atomic mass is 16.3. The first-order valence-corrected chi connectivity index (χ1v) is 9.18. The van der Waals surface area contributed by atoms with Crippen LogP contribution in [0, 0.1) is 5.92 Å². The molecule has 1 fully saturated rings. The predicted octanol–water partition coefficient (Wildman–Crippen LogP) is 3.14. The smallest absolute Gasteiger partial charge is 0.183 e. The lowest BCUT2D eigenvalue weighted by Gasteiger charge is -2.12. The number of aliphatic hydroxyl groups is 1. The Morgan fingerprint density at radius 2 is 2.00 bits per heavy atom. The van der Waals surface area contributed by atoms with Crippen molar-refractivity contribution in [2.24, 2.45) is 5.92 Å². The third-order valence-corrected chi connectivity index (χ3v) is 5.36. The van der Waals surface area contributed by atoms with Crippen molar-refractivity contribution in [1.29, 1.82) is 0 Å². The molecular formula is C20H20N6O. The molecule has 0 spiro atoms. The second-order valence-corrected chi connectivity index (χ2v) is 7.24. The Kier molecular flexibility index (Phi) is 3.75. The average molecular weight is 360 g/mol. The summed E-state index contributed by atoms with van der Waals surface area (Å²) in [6.45, 7) is 2.07. The number of aromatic nitrogens is 5. The van der Waals surface area contributed by atoms with Crippen molar-refractivity contribution in [3.05, 3.63) is 42.9 Å². The van der Waals surface area contributed by atoms with Gasteiger partial charge in [0.25, 0.3) is 0 Å². The van der Waals surface area contributed by atoms with E-state index in [2.05, 4.69) is 37.2 Å². The van der Waals surface area contributed by atoms with Crippen LogP contribution in [-0.2, 0) is 0 Å². The first-order valence-electron chi connectivity index (χ1n) is 9.18. The lowest BCUT2D eigenvalue weighted by atomic mass is 10.1. The molecule has 0 aliphatic heterocycles. The first-order chi connectivity index (χ1) is 13.2. The molecular weight excluding hydrogens is 340 g/mol. The van der Waals surface area contributed by atoms with E-state index in [0.29, 0.717) is 11.6 Å². The number of para-hydroxylation sites is 1. The summed E-state index contributed by atoms with van der Waals surface area (Å²) in [5.74, 6) is 1.73. The number of anilines is 1. The van der Waals surface area contributed by atoms with Gasteiger partial charge in [-0.15, -0.1) is 0 Å². The van der Waals surface area contributed by atoms with Crippen LogP contribution in [0.15, 0.2) is 42.9 Å². The third kappa shape index (κ3) is 2.80. The monoisotopic (exact) mass is 360 g/mol. The van der Waals surface area contributed by atoms with Crippen LogP contribution in [0.4, 0.5) is 5.82 Å². The number of aliphatic hydroxyl groups excluding tert-OH is 1. The van der Waals surface area contributed by atoms with Gasteiger partial charge in [-0.2, -0.15) is 0 Å². The fourth-order valence-corrected chi connectivity index (χ4v) is 3.90. The number of nitrogens with one attached hydrogen (secondary N) is 2. The minimum absolute atomic E-state index is 0.194. The summed E-state index contributed by atoms with van der Waals surface area (Å²) in [6.07, 6.45) is 4.68. The zero-order chi connectivity index (χ0) is 18.4. The molecule has 3 heterocycles. The molecule has 3 aromatic heterocycles. The summed E-state index contributed by atoms with van der Waals surface area (Å²) in [5.41, 5.74) is 3.22. The van der Waals surface area contributed by atoms with Crippen molar-refractivity contribution in [1.82, 2.24) is 24.9 Å². The zero-order valence-corrected chi connectivity index (χ0v) is 14.9. The van der Waals surface area contributed by atoms with Gasteiger partial charge in [0.05, 0.1) is 11.6 Å². The molecule has 3 atom stereocenters. The van der Waals surface area contributed by atoms with Gasteiger partial charge in [0.2, 0.25) is 0 Å². The van der Waals surface area contributed by atoms with E-state index < -0.39 is 0 Å². The highest BCUT2D eigenvalue weighted by Crippen LogP contribution is 2.31. The number of pyridine rings is 1. The second kappa shape index (κ2) is 6.28. The summed E-state index contributed by atoms with van der Waals surface area (Å²) >= 11 is 0. The Bertz CT molecular complexity index is 1110. The molecule has 0 radical (unpaired) electrons. The zero-order valence-electron chi connectivity index (χ0n) is 14.9. The number of benzene rings is 1. The Hall–Kier alpha value is -3.06. The van der Waals surface area contributed by atoms with Crippen molar-refractivity contribution in [2.75, 3.05) is 5.32 Å². The minimum Gasteiger partial charge on any atom is -0.393 e. The maximum absolute atomic E-state index is 10.0. The molecule has 7 nitrogen and oxygen atoms in total. The number of hydrogen-bond donors (Lipinski definition) is 3. The van der Waals surface area contributed by atoms with Gasteiger partial charge < -0.3 is 15.4 Å². The number of aromatic amines is 1. The Morgan fingerprint density at radius 1 is 1.11 bits per heavy atom. The standard InChI is InChI=1S/C20H20N6O/c1-11-8-13(9-15(11)27)24-19-17-20(23-10-22-19)26-18(25-17)14-6-2-4-12-5-3-7-21-16(12)14/h2-7,10-11,13,15,27H,8-9H2,1H3,(H2,22,23,24,25,26)/t11-,13+,15+/m0/s1. The largest absolute Gasteiger partial charge is 0.393 e. The van der Waals surface area contributed by atoms with Crippen LogP contribution in [-0.4, -0.2) is 42.2 Å². The van der Waals surface area contributed by atoms with E-state index in [1.165, 1.54) is 6.33 Å². The van der Waals surface area contributed by atoms with Crippen LogP contribution in [0.1, 0.15) is 19.8 Å². The van der Waals surface area contributed by atoms with Gasteiger partial charge in [0.1, 0.15) is 17.7 Å². The lowest BCUT2D eigenvalue weighted by Crippen LogP contribution is -2.17. The van der Waals surface area contributed by atoms with Gasteiger partial charge in [0.15, 0.2) is 11.5 Å². The molecule has 4 aromatic rings. The minimum atomic E-state index is -0.265. The highest BCUT2D eigenvalue weighted by molar-refractivity contribution is 5.94. The Labute approximate surface area is 155 Å². The number of fused-ring (bicyclic) bond motifs is 2. The van der Waals surface area contributed by atoms with Gasteiger partial charge in [-0.25, -0.2) is 15.0 Å². The van der Waals surface area contributed by atoms with E-state index in [1.54, 1.807) is 6.20 Å². The number of hydrogen-bond acceptors (Lipinski definition) is 6. The first kappa shape index (κ1) is 16.1. The number of H-pyrrole nitrogens is 1. The van der Waals surface area contributed by atoms with Crippen molar-refractivity contribution in [3.63, 3.8) is 0 Å². The van der Waals surface area contributed by atoms with Gasteiger partial charge in [-0.1, -0.05) is 25.1 Å². The third-order valence-electron chi connectivity index (χ3n) is 5.36. The second-order valence-electron chi connectivity index (χ2n) is 7.24. The number of nitrogens with zero attached hydrogens (tertiary/aromatic N) is 4. The fraction of sp³-hybridized carbons (Fsp3) is 0.300. The van der Waals surface area contributed by atoms with Crippen molar-refractivity contribution in [2.45, 2.75) is 31.9 Å². The van der Waals surface area contributed by atoms with Crippen molar-refractivity contribution in [3.8, 4) is 11.4 Å². The highest BCUT2D eigenvalue weighted by Gasteiger charge is 2.30. The maximum atomic E-state index is 10.0. The number of rotatable bonds is 3. The van der Waals surface area contributed by atoms with Crippen LogP contribution in [0.5, 0.6) is 0 Å². The summed E-state index contributed by atoms with van der Waals surface area (Å²) in [4.78, 5) is 21.2. The molecule has 0 amide bonds. The van der Waals surface area contributed by atoms with E-state index in [4.69, 9.17) is 0 Å². The molecule has 1 saturated carbocycles. The van der Waals surface area contributed by atoms with Crippen molar-refractivity contribution < 1.29 is 5.11 Å². The van der Waals surface area contributed by atoms with Crippen molar-refractivity contribution >= 4 is 27.9 Å². The van der Waals surface area contributed by atoms with E-state index in [9.17, 15) is 5.11 Å². The summed E-state index contributed by atoms with van der Waals surface area (Å²) in [7, 11) is 0. The summed E-state index contributed by atoms with van der Waals surface area (Å²) in [6, 6.07) is 10.2. The van der Waals surface area contributed by atoms with E-state index in [1.807, 2.05) is 30.3 Å². The lowest BCUT2D eigenvalue weighted by molar-refractivity contribution is 0.141. The topological polar surface area (TPSA) is 99.6 Å². The molecule has 7 heteroatoms. The number of imidazole rings is 1. The van der Waals surface area contributed by atoms with Crippen LogP contribution >= 0.6 is 0 Å². The normalized spacial score (nSPS) is 22.5. The Balaban J connectivity index is 1.56. The van der Waals surface area contributed by atoms with Crippen LogP contribution in [0.3, 0.4) is 0 Å². The van der Waals surface area contributed by atoms with E-state index >= 15 is 0 Å². The molecule has 1 aliphatic rings. The van der Waals surface area contributed by atoms with Gasteiger partial charge in [-0.05, 0) is 30.9 Å².